The smallest absolute Gasteiger partial charge is 0.235 e. The van der Waals surface area contributed by atoms with E-state index in [0.29, 0.717) is 12.3 Å². The number of hydrogen-bond acceptors (Lipinski definition) is 5. The van der Waals surface area contributed by atoms with Crippen molar-refractivity contribution < 1.29 is 24.6 Å². The Balaban J connectivity index is 2.19. The number of aliphatic hydroxyl groups is 2. The lowest BCUT2D eigenvalue weighted by Crippen LogP contribution is -2.53. The Bertz CT molecular complexity index is 797. The molecule has 1 heterocycles. The van der Waals surface area contributed by atoms with Crippen molar-refractivity contribution in [3.8, 4) is 0 Å². The van der Waals surface area contributed by atoms with Crippen molar-refractivity contribution >= 4 is 17.5 Å². The first-order valence-corrected chi connectivity index (χ1v) is 11.1. The van der Waals surface area contributed by atoms with Gasteiger partial charge in [-0.3, -0.25) is 14.4 Å². The average Bonchev–Trinajstić information content (AvgIpc) is 2.94. The maximum Gasteiger partial charge on any atom is 0.235 e. The van der Waals surface area contributed by atoms with Crippen molar-refractivity contribution in [3.63, 3.8) is 0 Å². The Morgan fingerprint density at radius 3 is 2.43 bits per heavy atom. The normalized spacial score (nSPS) is 40.2. The molecule has 0 unspecified atom stereocenters. The molecule has 7 atom stereocenters. The van der Waals surface area contributed by atoms with Crippen LogP contribution < -0.4 is 5.32 Å². The van der Waals surface area contributed by atoms with Gasteiger partial charge in [-0.25, -0.2) is 0 Å². The van der Waals surface area contributed by atoms with E-state index < -0.39 is 41.5 Å². The summed E-state index contributed by atoms with van der Waals surface area (Å²) in [6.45, 7) is 10.2. The third-order valence-corrected chi connectivity index (χ3v) is 7.38. The first-order valence-electron chi connectivity index (χ1n) is 11.1. The molecule has 2 aliphatic carbocycles. The second kappa shape index (κ2) is 8.39. The van der Waals surface area contributed by atoms with Gasteiger partial charge in [0.05, 0.1) is 0 Å². The molecule has 0 aromatic carbocycles. The molecular weight excluding hydrogens is 382 g/mol. The van der Waals surface area contributed by atoms with E-state index in [1.165, 1.54) is 0 Å². The van der Waals surface area contributed by atoms with Crippen LogP contribution in [-0.2, 0) is 14.4 Å². The number of nitrogens with one attached hydrogen (secondary N) is 1. The molecule has 0 radical (unpaired) electrons. The van der Waals surface area contributed by atoms with Gasteiger partial charge in [0.15, 0.2) is 11.6 Å². The van der Waals surface area contributed by atoms with E-state index in [4.69, 9.17) is 0 Å². The van der Waals surface area contributed by atoms with Crippen LogP contribution in [0.15, 0.2) is 23.3 Å². The van der Waals surface area contributed by atoms with Crippen LogP contribution in [0.2, 0.25) is 0 Å². The second-order valence-corrected chi connectivity index (χ2v) is 9.94. The number of ketones is 2. The molecule has 0 aromatic heterocycles. The fourth-order valence-corrected chi connectivity index (χ4v) is 5.77. The minimum absolute atomic E-state index is 0.0187. The quantitative estimate of drug-likeness (QED) is 0.473. The van der Waals surface area contributed by atoms with E-state index in [1.807, 2.05) is 26.0 Å². The predicted octanol–water partition coefficient (Wildman–Crippen LogP) is 2.34. The summed E-state index contributed by atoms with van der Waals surface area (Å²) in [5, 5.41) is 23.7. The zero-order valence-electron chi connectivity index (χ0n) is 18.6. The van der Waals surface area contributed by atoms with Gasteiger partial charge < -0.3 is 15.5 Å². The summed E-state index contributed by atoms with van der Waals surface area (Å²) in [4.78, 5) is 39.7. The molecule has 30 heavy (non-hydrogen) atoms. The molecule has 0 saturated carbocycles. The van der Waals surface area contributed by atoms with Crippen LogP contribution in [0, 0.1) is 29.1 Å². The van der Waals surface area contributed by atoms with Crippen molar-refractivity contribution in [1.29, 1.82) is 0 Å². The average molecular weight is 418 g/mol. The van der Waals surface area contributed by atoms with Crippen molar-refractivity contribution in [1.82, 2.24) is 5.32 Å². The van der Waals surface area contributed by atoms with E-state index in [2.05, 4.69) is 26.1 Å². The fourth-order valence-electron chi connectivity index (χ4n) is 5.77. The topological polar surface area (TPSA) is 104 Å². The Morgan fingerprint density at radius 2 is 1.80 bits per heavy atom. The third kappa shape index (κ3) is 3.69. The molecular formula is C24H35NO5. The number of Topliss-reactive ketones (excluding diaryl/α,β-unsaturated/α-hetero) is 2. The van der Waals surface area contributed by atoms with Crippen molar-refractivity contribution in [2.75, 3.05) is 0 Å². The number of carbonyl (C=O) groups excluding carboxylic acids is 3. The SMILES string of the molecule is CC1=C[C@@H]2C=C(C)[C@H](C)[C@H]3[C@H](CC(C)C)NC(=O)[C@@]23C(=O)C[C@@H](O)C(=O)[C@@H](O)CC1. The summed E-state index contributed by atoms with van der Waals surface area (Å²) in [6, 6.07) is -0.139. The summed E-state index contributed by atoms with van der Waals surface area (Å²) in [7, 11) is 0. The standard InChI is InChI=1S/C24H35NO5/c1-12(2)8-17-21-15(5)14(4)10-16-9-13(3)6-7-18(26)22(29)19(27)11-20(28)24(16,21)23(30)25-17/h9-10,12,15-19,21,26-27H,6-8,11H2,1-5H3,(H,25,30)/t15-,16+,17-,18-,19+,21-,24+/m0/s1. The molecule has 6 nitrogen and oxygen atoms in total. The minimum atomic E-state index is -1.60. The van der Waals surface area contributed by atoms with Crippen LogP contribution in [-0.4, -0.2) is 45.9 Å². The van der Waals surface area contributed by atoms with Gasteiger partial charge >= 0.3 is 0 Å². The monoisotopic (exact) mass is 417 g/mol. The summed E-state index contributed by atoms with van der Waals surface area (Å²) in [5.74, 6) is -1.75. The Hall–Kier alpha value is -1.79. The Labute approximate surface area is 178 Å². The highest BCUT2D eigenvalue weighted by atomic mass is 16.3. The molecule has 3 rings (SSSR count). The van der Waals surface area contributed by atoms with E-state index in [1.54, 1.807) is 0 Å². The fraction of sp³-hybridized carbons (Fsp3) is 0.708. The number of hydrogen-bond donors (Lipinski definition) is 3. The van der Waals surface area contributed by atoms with Crippen molar-refractivity contribution in [2.24, 2.45) is 29.1 Å². The van der Waals surface area contributed by atoms with Gasteiger partial charge in [-0.05, 0) is 44.9 Å². The highest BCUT2D eigenvalue weighted by molar-refractivity contribution is 6.10. The second-order valence-electron chi connectivity index (χ2n) is 9.94. The van der Waals surface area contributed by atoms with Gasteiger partial charge in [0.25, 0.3) is 0 Å². The predicted molar refractivity (Wildman–Crippen MR) is 113 cm³/mol. The van der Waals surface area contributed by atoms with Gasteiger partial charge in [0, 0.05) is 24.3 Å². The summed E-state index contributed by atoms with van der Waals surface area (Å²) >= 11 is 0. The molecule has 3 aliphatic rings. The summed E-state index contributed by atoms with van der Waals surface area (Å²) in [5.41, 5.74) is 0.734. The number of carbonyl (C=O) groups is 3. The van der Waals surface area contributed by atoms with Gasteiger partial charge in [0.2, 0.25) is 5.91 Å². The molecule has 0 aromatic rings. The van der Waals surface area contributed by atoms with E-state index in [0.717, 1.165) is 17.6 Å². The Kier molecular flexibility index (Phi) is 6.40. The van der Waals surface area contributed by atoms with Crippen LogP contribution in [0.1, 0.15) is 60.3 Å². The first kappa shape index (κ1) is 22.9. The number of aliphatic hydroxyl groups excluding tert-OH is 2. The van der Waals surface area contributed by atoms with Crippen molar-refractivity contribution in [2.45, 2.75) is 78.6 Å². The lowest BCUT2D eigenvalue weighted by molar-refractivity contribution is -0.149. The van der Waals surface area contributed by atoms with Crippen molar-refractivity contribution in [3.05, 3.63) is 23.3 Å². The molecule has 1 saturated heterocycles. The number of allylic oxidation sites excluding steroid dienone is 4. The zero-order chi connectivity index (χ0) is 22.4. The number of amides is 1. The highest BCUT2D eigenvalue weighted by Crippen LogP contribution is 2.55. The molecule has 166 valence electrons. The highest BCUT2D eigenvalue weighted by Gasteiger charge is 2.65. The molecule has 1 aliphatic heterocycles. The van der Waals surface area contributed by atoms with E-state index >= 15 is 0 Å². The van der Waals surface area contributed by atoms with E-state index in [-0.39, 0.29) is 30.2 Å². The molecule has 6 heteroatoms. The van der Waals surface area contributed by atoms with Crippen LogP contribution >= 0.6 is 0 Å². The molecule has 1 amide bonds. The van der Waals surface area contributed by atoms with Gasteiger partial charge in [-0.2, -0.15) is 0 Å². The number of rotatable bonds is 2. The third-order valence-electron chi connectivity index (χ3n) is 7.38. The summed E-state index contributed by atoms with van der Waals surface area (Å²) < 4.78 is 0. The van der Waals surface area contributed by atoms with Gasteiger partial charge in [-0.1, -0.05) is 44.1 Å². The van der Waals surface area contributed by atoms with Gasteiger partial charge in [0.1, 0.15) is 17.6 Å². The lowest BCUT2D eigenvalue weighted by atomic mass is 9.54. The zero-order valence-corrected chi connectivity index (χ0v) is 18.6. The maximum atomic E-state index is 13.7. The largest absolute Gasteiger partial charge is 0.385 e. The molecule has 1 fully saturated rings. The first-order chi connectivity index (χ1) is 14.0. The summed E-state index contributed by atoms with van der Waals surface area (Å²) in [6.07, 6.45) is 2.04. The van der Waals surface area contributed by atoms with Gasteiger partial charge in [-0.15, -0.1) is 0 Å². The van der Waals surface area contributed by atoms with Crippen LogP contribution in [0.25, 0.3) is 0 Å². The van der Waals surface area contributed by atoms with Crippen LogP contribution in [0.5, 0.6) is 0 Å². The molecule has 1 spiro atoms. The molecule has 0 bridgehead atoms. The maximum absolute atomic E-state index is 13.7. The minimum Gasteiger partial charge on any atom is -0.385 e. The lowest BCUT2D eigenvalue weighted by Gasteiger charge is -2.45. The van der Waals surface area contributed by atoms with Crippen LogP contribution in [0.3, 0.4) is 0 Å². The Morgan fingerprint density at radius 1 is 1.13 bits per heavy atom. The molecule has 3 N–H and O–H groups in total. The van der Waals surface area contributed by atoms with E-state index in [9.17, 15) is 24.6 Å². The van der Waals surface area contributed by atoms with Crippen LogP contribution in [0.4, 0.5) is 0 Å².